The highest BCUT2D eigenvalue weighted by atomic mass is 35.5. The second kappa shape index (κ2) is 6.08. The van der Waals surface area contributed by atoms with Crippen LogP contribution in [0.4, 0.5) is 11.6 Å². The fraction of sp³-hybridized carbons (Fsp3) is 0. The SMILES string of the molecule is Clc1cc(-c2ccnc(Nc3ccccc3)n2)cc(Cl)n1. The predicted molar refractivity (Wildman–Crippen MR) is 85.0 cm³/mol. The summed E-state index contributed by atoms with van der Waals surface area (Å²) in [7, 11) is 0. The van der Waals surface area contributed by atoms with E-state index in [1.165, 1.54) is 0 Å². The van der Waals surface area contributed by atoms with Crippen molar-refractivity contribution in [1.82, 2.24) is 15.0 Å². The third-order valence-corrected chi connectivity index (χ3v) is 3.13. The number of hydrogen-bond acceptors (Lipinski definition) is 4. The lowest BCUT2D eigenvalue weighted by Gasteiger charge is -2.07. The van der Waals surface area contributed by atoms with Crippen LogP contribution in [0.2, 0.25) is 10.3 Å². The van der Waals surface area contributed by atoms with Gasteiger partial charge in [-0.1, -0.05) is 41.4 Å². The first-order chi connectivity index (χ1) is 10.2. The van der Waals surface area contributed by atoms with Crippen LogP contribution in [0.1, 0.15) is 0 Å². The summed E-state index contributed by atoms with van der Waals surface area (Å²) in [6, 6.07) is 14.9. The minimum absolute atomic E-state index is 0.327. The number of pyridine rings is 1. The lowest BCUT2D eigenvalue weighted by atomic mass is 10.2. The Balaban J connectivity index is 1.93. The first-order valence-corrected chi connectivity index (χ1v) is 6.95. The van der Waals surface area contributed by atoms with Gasteiger partial charge < -0.3 is 5.32 Å². The van der Waals surface area contributed by atoms with E-state index in [0.717, 1.165) is 16.9 Å². The lowest BCUT2D eigenvalue weighted by Crippen LogP contribution is -1.97. The van der Waals surface area contributed by atoms with Crippen molar-refractivity contribution in [3.63, 3.8) is 0 Å². The Morgan fingerprint density at radius 1 is 0.857 bits per heavy atom. The average Bonchev–Trinajstić information content (AvgIpc) is 2.47. The number of aromatic nitrogens is 3. The molecule has 0 saturated carbocycles. The third kappa shape index (κ3) is 3.48. The maximum absolute atomic E-state index is 5.91. The smallest absolute Gasteiger partial charge is 0.227 e. The number of hydrogen-bond donors (Lipinski definition) is 1. The van der Waals surface area contributed by atoms with E-state index >= 15 is 0 Å². The molecule has 104 valence electrons. The Hall–Kier alpha value is -2.17. The third-order valence-electron chi connectivity index (χ3n) is 2.74. The fourth-order valence-electron chi connectivity index (χ4n) is 1.84. The largest absolute Gasteiger partial charge is 0.324 e. The second-order valence-corrected chi connectivity index (χ2v) is 5.03. The molecule has 0 amide bonds. The topological polar surface area (TPSA) is 50.7 Å². The van der Waals surface area contributed by atoms with Gasteiger partial charge in [-0.15, -0.1) is 0 Å². The summed E-state index contributed by atoms with van der Waals surface area (Å²) >= 11 is 11.8. The van der Waals surface area contributed by atoms with Gasteiger partial charge in [-0.05, 0) is 30.3 Å². The van der Waals surface area contributed by atoms with Gasteiger partial charge in [-0.2, -0.15) is 0 Å². The van der Waals surface area contributed by atoms with E-state index in [2.05, 4.69) is 20.3 Å². The Bertz CT molecular complexity index is 742. The highest BCUT2D eigenvalue weighted by Gasteiger charge is 2.06. The van der Waals surface area contributed by atoms with Crippen molar-refractivity contribution in [2.45, 2.75) is 0 Å². The van der Waals surface area contributed by atoms with Crippen LogP contribution in [0.25, 0.3) is 11.3 Å². The second-order valence-electron chi connectivity index (χ2n) is 4.26. The van der Waals surface area contributed by atoms with E-state index in [-0.39, 0.29) is 0 Å². The van der Waals surface area contributed by atoms with E-state index in [4.69, 9.17) is 23.2 Å². The molecule has 0 unspecified atom stereocenters. The van der Waals surface area contributed by atoms with Crippen molar-refractivity contribution < 1.29 is 0 Å². The van der Waals surface area contributed by atoms with Crippen LogP contribution >= 0.6 is 23.2 Å². The molecule has 21 heavy (non-hydrogen) atoms. The number of rotatable bonds is 3. The number of para-hydroxylation sites is 1. The van der Waals surface area contributed by atoms with Gasteiger partial charge in [0.25, 0.3) is 0 Å². The number of nitrogens with zero attached hydrogens (tertiary/aromatic N) is 3. The van der Waals surface area contributed by atoms with Gasteiger partial charge >= 0.3 is 0 Å². The van der Waals surface area contributed by atoms with Gasteiger partial charge in [-0.25, -0.2) is 15.0 Å². The van der Waals surface area contributed by atoms with Crippen molar-refractivity contribution in [2.75, 3.05) is 5.32 Å². The number of anilines is 2. The maximum Gasteiger partial charge on any atom is 0.227 e. The molecule has 2 aromatic heterocycles. The zero-order valence-corrected chi connectivity index (χ0v) is 12.3. The van der Waals surface area contributed by atoms with E-state index in [1.54, 1.807) is 24.4 Å². The molecule has 6 heteroatoms. The predicted octanol–water partition coefficient (Wildman–Crippen LogP) is 4.59. The van der Waals surface area contributed by atoms with Crippen molar-refractivity contribution in [2.24, 2.45) is 0 Å². The van der Waals surface area contributed by atoms with Gasteiger partial charge in [-0.3, -0.25) is 0 Å². The van der Waals surface area contributed by atoms with E-state index in [9.17, 15) is 0 Å². The molecule has 3 rings (SSSR count). The van der Waals surface area contributed by atoms with Gasteiger partial charge in [0.15, 0.2) is 0 Å². The van der Waals surface area contributed by atoms with Gasteiger partial charge in [0.1, 0.15) is 10.3 Å². The molecule has 0 spiro atoms. The van der Waals surface area contributed by atoms with Crippen molar-refractivity contribution >= 4 is 34.8 Å². The summed E-state index contributed by atoms with van der Waals surface area (Å²) < 4.78 is 0. The van der Waals surface area contributed by atoms with Crippen LogP contribution in [-0.2, 0) is 0 Å². The molecule has 4 nitrogen and oxygen atoms in total. The van der Waals surface area contributed by atoms with Gasteiger partial charge in [0.2, 0.25) is 5.95 Å². The summed E-state index contributed by atoms with van der Waals surface area (Å²) in [5.74, 6) is 0.503. The summed E-state index contributed by atoms with van der Waals surface area (Å²) in [6.45, 7) is 0. The molecule has 0 bridgehead atoms. The Labute approximate surface area is 131 Å². The summed E-state index contributed by atoms with van der Waals surface area (Å²) in [5.41, 5.74) is 2.42. The van der Waals surface area contributed by atoms with Crippen LogP contribution in [0.15, 0.2) is 54.7 Å². The zero-order chi connectivity index (χ0) is 14.7. The zero-order valence-electron chi connectivity index (χ0n) is 10.8. The van der Waals surface area contributed by atoms with Crippen LogP contribution in [0.3, 0.4) is 0 Å². The summed E-state index contributed by atoms with van der Waals surface area (Å²) in [5, 5.41) is 3.79. The molecule has 0 saturated heterocycles. The molecule has 2 heterocycles. The average molecular weight is 317 g/mol. The minimum Gasteiger partial charge on any atom is -0.324 e. The van der Waals surface area contributed by atoms with Crippen molar-refractivity contribution in [3.8, 4) is 11.3 Å². The minimum atomic E-state index is 0.327. The van der Waals surface area contributed by atoms with Crippen LogP contribution in [0, 0.1) is 0 Å². The first kappa shape index (κ1) is 13.8. The van der Waals surface area contributed by atoms with Gasteiger partial charge in [0, 0.05) is 17.4 Å². The van der Waals surface area contributed by atoms with Crippen LogP contribution < -0.4 is 5.32 Å². The van der Waals surface area contributed by atoms with Crippen LogP contribution in [-0.4, -0.2) is 15.0 Å². The maximum atomic E-state index is 5.91. The molecule has 1 aromatic carbocycles. The molecule has 3 aromatic rings. The van der Waals surface area contributed by atoms with Gasteiger partial charge in [0.05, 0.1) is 5.69 Å². The molecule has 0 fully saturated rings. The van der Waals surface area contributed by atoms with E-state index in [0.29, 0.717) is 16.3 Å². The molecule has 0 atom stereocenters. The molecule has 0 aliphatic rings. The number of nitrogens with one attached hydrogen (secondary N) is 1. The molecular weight excluding hydrogens is 307 g/mol. The summed E-state index contributed by atoms with van der Waals surface area (Å²) in [6.07, 6.45) is 1.68. The normalized spacial score (nSPS) is 10.4. The Morgan fingerprint density at radius 3 is 2.29 bits per heavy atom. The highest BCUT2D eigenvalue weighted by Crippen LogP contribution is 2.24. The van der Waals surface area contributed by atoms with E-state index in [1.807, 2.05) is 30.3 Å². The molecule has 1 N–H and O–H groups in total. The highest BCUT2D eigenvalue weighted by molar-refractivity contribution is 6.32. The van der Waals surface area contributed by atoms with Crippen molar-refractivity contribution in [1.29, 1.82) is 0 Å². The van der Waals surface area contributed by atoms with Crippen molar-refractivity contribution in [3.05, 3.63) is 65.0 Å². The first-order valence-electron chi connectivity index (χ1n) is 6.19. The monoisotopic (exact) mass is 316 g/mol. The van der Waals surface area contributed by atoms with Crippen LogP contribution in [0.5, 0.6) is 0 Å². The fourth-order valence-corrected chi connectivity index (χ4v) is 2.30. The summed E-state index contributed by atoms with van der Waals surface area (Å²) in [4.78, 5) is 12.6. The number of halogens is 2. The molecule has 0 aliphatic carbocycles. The quantitative estimate of drug-likeness (QED) is 0.718. The number of benzene rings is 1. The van der Waals surface area contributed by atoms with E-state index < -0.39 is 0 Å². The Kier molecular flexibility index (Phi) is 3.99. The Morgan fingerprint density at radius 2 is 1.57 bits per heavy atom. The standard InChI is InChI=1S/C15H10Cl2N4/c16-13-8-10(9-14(17)21-13)12-6-7-18-15(20-12)19-11-4-2-1-3-5-11/h1-9H,(H,18,19,20). The molecule has 0 radical (unpaired) electrons. The lowest BCUT2D eigenvalue weighted by molar-refractivity contribution is 1.17. The molecular formula is C15H10Cl2N4. The molecule has 0 aliphatic heterocycles.